The second kappa shape index (κ2) is 14.8. The van der Waals surface area contributed by atoms with E-state index in [1.165, 1.54) is 62.7 Å². The zero-order valence-electron chi connectivity index (χ0n) is 28.8. The molecule has 4 heteroatoms. The average Bonchev–Trinajstić information content (AvgIpc) is 3.43. The zero-order valence-corrected chi connectivity index (χ0v) is 30.6. The summed E-state index contributed by atoms with van der Waals surface area (Å²) in [6.45, 7) is 20.1. The Labute approximate surface area is 275 Å². The van der Waals surface area contributed by atoms with Crippen molar-refractivity contribution in [1.29, 1.82) is 0 Å². The van der Waals surface area contributed by atoms with Crippen molar-refractivity contribution in [3.63, 3.8) is 0 Å². The van der Waals surface area contributed by atoms with Crippen LogP contribution in [-0.2, 0) is 0 Å². The van der Waals surface area contributed by atoms with Gasteiger partial charge in [-0.25, -0.2) is 0 Å². The number of hydrogen-bond acceptors (Lipinski definition) is 2. The summed E-state index contributed by atoms with van der Waals surface area (Å²) >= 11 is 0. The molecule has 0 heterocycles. The highest BCUT2D eigenvalue weighted by Crippen LogP contribution is 2.58. The minimum atomic E-state index is -0.754. The Morgan fingerprint density at radius 2 is 1.00 bits per heavy atom. The summed E-state index contributed by atoms with van der Waals surface area (Å²) in [6, 6.07) is 32.2. The van der Waals surface area contributed by atoms with Gasteiger partial charge in [-0.2, -0.15) is 0 Å². The van der Waals surface area contributed by atoms with Gasteiger partial charge in [-0.05, 0) is 124 Å². The molecule has 5 rings (SSSR count). The van der Waals surface area contributed by atoms with E-state index in [1.54, 1.807) is 0 Å². The molecule has 0 bridgehead atoms. The van der Waals surface area contributed by atoms with Gasteiger partial charge in [-0.3, -0.25) is 0 Å². The van der Waals surface area contributed by atoms with Crippen LogP contribution in [0.3, 0.4) is 0 Å². The quantitative estimate of drug-likeness (QED) is 0.152. The topological polar surface area (TPSA) is 18.5 Å². The third-order valence-electron chi connectivity index (χ3n) is 8.83. The van der Waals surface area contributed by atoms with Gasteiger partial charge >= 0.3 is 0 Å². The van der Waals surface area contributed by atoms with E-state index in [1.807, 2.05) is 0 Å². The molecule has 3 atom stereocenters. The van der Waals surface area contributed by atoms with Gasteiger partial charge in [-0.1, -0.05) is 108 Å². The molecule has 1 fully saturated rings. The van der Waals surface area contributed by atoms with Crippen LogP contribution in [0.25, 0.3) is 0 Å². The summed E-state index contributed by atoms with van der Waals surface area (Å²) in [5, 5.41) is 5.74. The van der Waals surface area contributed by atoms with Crippen molar-refractivity contribution in [2.24, 2.45) is 5.92 Å². The SMILES string of the molecule is Cc1cc(C)cc(P(c2cc(C)cc(C)c2)[C@H](C)C2CCCC2P(c2ccccc2OC(C)C)c2ccccc2OC(C)C)c1. The van der Waals surface area contributed by atoms with Gasteiger partial charge in [0.1, 0.15) is 11.5 Å². The van der Waals surface area contributed by atoms with Crippen molar-refractivity contribution in [3.05, 3.63) is 107 Å². The van der Waals surface area contributed by atoms with E-state index < -0.39 is 15.8 Å². The van der Waals surface area contributed by atoms with Crippen LogP contribution in [0.1, 0.15) is 76.1 Å². The number of benzene rings is 4. The first kappa shape index (κ1) is 33.7. The van der Waals surface area contributed by atoms with Crippen molar-refractivity contribution in [1.82, 2.24) is 0 Å². The Balaban J connectivity index is 1.67. The van der Waals surface area contributed by atoms with Crippen LogP contribution in [0.15, 0.2) is 84.9 Å². The lowest BCUT2D eigenvalue weighted by molar-refractivity contribution is 0.244. The maximum absolute atomic E-state index is 6.54. The lowest BCUT2D eigenvalue weighted by Crippen LogP contribution is -2.34. The van der Waals surface area contributed by atoms with Crippen LogP contribution in [0.2, 0.25) is 0 Å². The fourth-order valence-corrected chi connectivity index (χ4v) is 14.3. The maximum Gasteiger partial charge on any atom is 0.127 e. The minimum Gasteiger partial charge on any atom is -0.490 e. The molecular weight excluding hydrogens is 586 g/mol. The second-order valence-electron chi connectivity index (χ2n) is 13.6. The molecule has 4 aromatic rings. The van der Waals surface area contributed by atoms with E-state index in [4.69, 9.17) is 9.47 Å². The van der Waals surface area contributed by atoms with Crippen LogP contribution < -0.4 is 30.7 Å². The predicted octanol–water partition coefficient (Wildman–Crippen LogP) is 9.62. The molecule has 0 aromatic heterocycles. The standard InChI is InChI=1S/C41H52O2P2/c1-27(2)42-37-16-10-12-18-40(37)45(41-19-13-11-17-38(41)43-28(3)4)39-20-14-15-36(39)33(9)44(34-23-29(5)21-30(6)24-34)35-25-31(7)22-32(8)26-35/h10-13,16-19,21-28,33,36,39H,14-15,20H2,1-9H3/t33-,36?,39?/m1/s1. The second-order valence-corrected chi connectivity index (χ2v) is 18.6. The van der Waals surface area contributed by atoms with E-state index in [0.29, 0.717) is 17.2 Å². The van der Waals surface area contributed by atoms with Crippen molar-refractivity contribution in [2.45, 2.75) is 105 Å². The Kier molecular flexibility index (Phi) is 11.1. The monoisotopic (exact) mass is 638 g/mol. The summed E-state index contributed by atoms with van der Waals surface area (Å²) in [7, 11) is -1.33. The molecule has 0 spiro atoms. The van der Waals surface area contributed by atoms with Crippen LogP contribution in [0.5, 0.6) is 11.5 Å². The number of para-hydroxylation sites is 2. The molecule has 0 aliphatic heterocycles. The first-order valence-corrected chi connectivity index (χ1v) is 19.6. The molecule has 2 unspecified atom stereocenters. The number of rotatable bonds is 11. The highest BCUT2D eigenvalue weighted by molar-refractivity contribution is 7.75. The van der Waals surface area contributed by atoms with Gasteiger partial charge in [0.05, 0.1) is 12.2 Å². The molecular formula is C41H52O2P2. The highest BCUT2D eigenvalue weighted by atomic mass is 31.1. The van der Waals surface area contributed by atoms with Crippen LogP contribution >= 0.6 is 15.8 Å². The highest BCUT2D eigenvalue weighted by Gasteiger charge is 2.42. The first-order valence-electron chi connectivity index (χ1n) is 16.8. The average molecular weight is 639 g/mol. The predicted molar refractivity (Wildman–Crippen MR) is 199 cm³/mol. The van der Waals surface area contributed by atoms with E-state index >= 15 is 0 Å². The Hall–Kier alpha value is -2.66. The van der Waals surface area contributed by atoms with Crippen molar-refractivity contribution in [2.75, 3.05) is 0 Å². The van der Waals surface area contributed by atoms with Crippen LogP contribution in [0, 0.1) is 33.6 Å². The van der Waals surface area contributed by atoms with Gasteiger partial charge in [0.2, 0.25) is 0 Å². The van der Waals surface area contributed by atoms with Crippen molar-refractivity contribution in [3.8, 4) is 11.5 Å². The van der Waals surface area contributed by atoms with Gasteiger partial charge in [-0.15, -0.1) is 0 Å². The van der Waals surface area contributed by atoms with E-state index in [2.05, 4.69) is 147 Å². The van der Waals surface area contributed by atoms with E-state index in [9.17, 15) is 0 Å². The Morgan fingerprint density at radius 3 is 1.42 bits per heavy atom. The van der Waals surface area contributed by atoms with Crippen molar-refractivity contribution >= 4 is 37.1 Å². The minimum absolute atomic E-state index is 0.116. The van der Waals surface area contributed by atoms with Gasteiger partial charge in [0.15, 0.2) is 0 Å². The normalized spacial score (nSPS) is 17.4. The number of hydrogen-bond donors (Lipinski definition) is 0. The molecule has 2 nitrogen and oxygen atoms in total. The molecule has 1 saturated carbocycles. The summed E-state index contributed by atoms with van der Waals surface area (Å²) in [5.41, 5.74) is 6.50. The van der Waals surface area contributed by atoms with Gasteiger partial charge in [0, 0.05) is 10.6 Å². The fourth-order valence-electron chi connectivity index (χ4n) is 7.35. The van der Waals surface area contributed by atoms with Crippen molar-refractivity contribution < 1.29 is 9.47 Å². The molecule has 45 heavy (non-hydrogen) atoms. The summed E-state index contributed by atoms with van der Waals surface area (Å²) in [4.78, 5) is 0. The molecule has 1 aliphatic carbocycles. The molecule has 1 aliphatic rings. The van der Waals surface area contributed by atoms with E-state index in [-0.39, 0.29) is 12.2 Å². The van der Waals surface area contributed by atoms with Crippen LogP contribution in [-0.4, -0.2) is 23.5 Å². The first-order chi connectivity index (χ1) is 21.5. The lowest BCUT2D eigenvalue weighted by Gasteiger charge is -2.38. The molecule has 0 amide bonds. The zero-order chi connectivity index (χ0) is 32.2. The molecule has 0 saturated heterocycles. The smallest absolute Gasteiger partial charge is 0.127 e. The summed E-state index contributed by atoms with van der Waals surface area (Å²) in [6.07, 6.45) is 3.99. The van der Waals surface area contributed by atoms with E-state index in [0.717, 1.165) is 11.5 Å². The third kappa shape index (κ3) is 8.02. The van der Waals surface area contributed by atoms with Gasteiger partial charge < -0.3 is 9.47 Å². The lowest BCUT2D eigenvalue weighted by atomic mass is 10.0. The number of aryl methyl sites for hydroxylation is 4. The maximum atomic E-state index is 6.54. The van der Waals surface area contributed by atoms with Crippen LogP contribution in [0.4, 0.5) is 0 Å². The molecule has 238 valence electrons. The van der Waals surface area contributed by atoms with Gasteiger partial charge in [0.25, 0.3) is 0 Å². The Bertz CT molecular complexity index is 1450. The largest absolute Gasteiger partial charge is 0.490 e. The summed E-state index contributed by atoms with van der Waals surface area (Å²) in [5.74, 6) is 2.65. The third-order valence-corrected chi connectivity index (χ3v) is 14.7. The number of ether oxygens (including phenoxy) is 2. The molecule has 0 N–H and O–H groups in total. The summed E-state index contributed by atoms with van der Waals surface area (Å²) < 4.78 is 13.1. The fraction of sp³-hybridized carbons (Fsp3) is 0.415. The molecule has 0 radical (unpaired) electrons. The molecule has 4 aromatic carbocycles. The Morgan fingerprint density at radius 1 is 0.578 bits per heavy atom.